The smallest absolute Gasteiger partial charge is 0.307 e. The Labute approximate surface area is 91.5 Å². The van der Waals surface area contributed by atoms with Crippen LogP contribution in [0.25, 0.3) is 0 Å². The minimum absolute atomic E-state index is 0.334. The zero-order chi connectivity index (χ0) is 11.3. The van der Waals surface area contributed by atoms with Crippen LogP contribution < -0.4 is 0 Å². The van der Waals surface area contributed by atoms with Crippen LogP contribution in [0.3, 0.4) is 0 Å². The average molecular weight is 209 g/mol. The molecule has 84 valence electrons. The van der Waals surface area contributed by atoms with Gasteiger partial charge < -0.3 is 5.11 Å². The van der Waals surface area contributed by atoms with E-state index in [1.807, 2.05) is 0 Å². The minimum Gasteiger partial charge on any atom is -0.481 e. The summed E-state index contributed by atoms with van der Waals surface area (Å²) in [6, 6.07) is 0.503. The number of terminal acetylenes is 1. The molecule has 0 saturated heterocycles. The number of aliphatic carboxylic acids is 1. The molecule has 0 spiro atoms. The summed E-state index contributed by atoms with van der Waals surface area (Å²) in [7, 11) is 0. The molecular formula is C12H19NO2. The Morgan fingerprint density at radius 2 is 2.20 bits per heavy atom. The van der Waals surface area contributed by atoms with E-state index in [0.29, 0.717) is 19.1 Å². The third-order valence-electron chi connectivity index (χ3n) is 3.07. The fraction of sp³-hybridized carbons (Fsp3) is 0.750. The van der Waals surface area contributed by atoms with Gasteiger partial charge in [0.25, 0.3) is 0 Å². The predicted molar refractivity (Wildman–Crippen MR) is 59.5 cm³/mol. The molecule has 0 aromatic rings. The maximum Gasteiger partial charge on any atom is 0.307 e. The van der Waals surface area contributed by atoms with Crippen LogP contribution in [-0.2, 0) is 4.79 Å². The molecule has 1 fully saturated rings. The van der Waals surface area contributed by atoms with Gasteiger partial charge in [-0.25, -0.2) is 0 Å². The highest BCUT2D eigenvalue weighted by Gasteiger charge is 2.24. The van der Waals surface area contributed by atoms with Crippen LogP contribution in [0.2, 0.25) is 0 Å². The second-order valence-electron chi connectivity index (χ2n) is 4.31. The van der Waals surface area contributed by atoms with E-state index in [1.165, 1.54) is 12.8 Å². The van der Waals surface area contributed by atoms with Crippen LogP contribution >= 0.6 is 0 Å². The van der Waals surface area contributed by atoms with Crippen molar-refractivity contribution in [3.05, 3.63) is 0 Å². The quantitative estimate of drug-likeness (QED) is 0.699. The van der Waals surface area contributed by atoms with Crippen molar-refractivity contribution in [3.8, 4) is 12.3 Å². The molecule has 0 amide bonds. The predicted octanol–water partition coefficient (Wildman–Crippen LogP) is 1.58. The molecule has 0 heterocycles. The average Bonchev–Trinajstić information content (AvgIpc) is 2.69. The van der Waals surface area contributed by atoms with E-state index in [-0.39, 0.29) is 5.92 Å². The third kappa shape index (κ3) is 3.56. The SMILES string of the molecule is C#CCN(CC(C)C(=O)O)C1CCCC1. The summed E-state index contributed by atoms with van der Waals surface area (Å²) in [5.74, 6) is 1.55. The van der Waals surface area contributed by atoms with E-state index < -0.39 is 5.97 Å². The molecule has 0 aromatic heterocycles. The van der Waals surface area contributed by atoms with Gasteiger partial charge in [0.2, 0.25) is 0 Å². The van der Waals surface area contributed by atoms with Gasteiger partial charge in [0.1, 0.15) is 0 Å². The number of carbonyl (C=O) groups is 1. The van der Waals surface area contributed by atoms with E-state index in [9.17, 15) is 4.79 Å². The molecule has 0 radical (unpaired) electrons. The summed E-state index contributed by atoms with van der Waals surface area (Å²) in [6.45, 7) is 2.88. The van der Waals surface area contributed by atoms with Crippen molar-refractivity contribution in [1.82, 2.24) is 4.90 Å². The molecule has 15 heavy (non-hydrogen) atoms. The normalized spacial score (nSPS) is 19.0. The number of hydrogen-bond donors (Lipinski definition) is 1. The van der Waals surface area contributed by atoms with Crippen molar-refractivity contribution < 1.29 is 9.90 Å². The number of carboxylic acids is 1. The van der Waals surface area contributed by atoms with Crippen LogP contribution in [0.15, 0.2) is 0 Å². The first-order chi connectivity index (χ1) is 7.15. The van der Waals surface area contributed by atoms with E-state index in [1.54, 1.807) is 6.92 Å². The summed E-state index contributed by atoms with van der Waals surface area (Å²) in [4.78, 5) is 12.9. The highest BCUT2D eigenvalue weighted by atomic mass is 16.4. The molecule has 0 aliphatic heterocycles. The molecular weight excluding hydrogens is 190 g/mol. The molecule has 1 aliphatic carbocycles. The zero-order valence-corrected chi connectivity index (χ0v) is 9.28. The molecule has 0 aromatic carbocycles. The van der Waals surface area contributed by atoms with Gasteiger partial charge in [-0.15, -0.1) is 6.42 Å². The monoisotopic (exact) mass is 209 g/mol. The molecule has 1 rings (SSSR count). The second kappa shape index (κ2) is 5.77. The van der Waals surface area contributed by atoms with Gasteiger partial charge in [0, 0.05) is 12.6 Å². The highest BCUT2D eigenvalue weighted by Crippen LogP contribution is 2.23. The first-order valence-electron chi connectivity index (χ1n) is 5.55. The lowest BCUT2D eigenvalue weighted by Crippen LogP contribution is -2.38. The van der Waals surface area contributed by atoms with Crippen molar-refractivity contribution >= 4 is 5.97 Å². The van der Waals surface area contributed by atoms with Gasteiger partial charge >= 0.3 is 5.97 Å². The topological polar surface area (TPSA) is 40.5 Å². The Kier molecular flexibility index (Phi) is 4.64. The molecule has 1 unspecified atom stereocenters. The Morgan fingerprint density at radius 1 is 1.60 bits per heavy atom. The lowest BCUT2D eigenvalue weighted by Gasteiger charge is -2.28. The standard InChI is InChI=1S/C12H19NO2/c1-3-8-13(9-10(2)12(14)15)11-6-4-5-7-11/h1,10-11H,4-9H2,2H3,(H,14,15). The van der Waals surface area contributed by atoms with Crippen LogP contribution in [0.5, 0.6) is 0 Å². The zero-order valence-electron chi connectivity index (χ0n) is 9.28. The molecule has 1 saturated carbocycles. The Bertz CT molecular complexity index is 251. The molecule has 1 N–H and O–H groups in total. The lowest BCUT2D eigenvalue weighted by molar-refractivity contribution is -0.141. The molecule has 1 aliphatic rings. The van der Waals surface area contributed by atoms with Gasteiger partial charge in [0.15, 0.2) is 0 Å². The fourth-order valence-electron chi connectivity index (χ4n) is 2.16. The lowest BCUT2D eigenvalue weighted by atomic mass is 10.1. The van der Waals surface area contributed by atoms with Gasteiger partial charge in [-0.05, 0) is 12.8 Å². The van der Waals surface area contributed by atoms with Crippen molar-refractivity contribution in [2.24, 2.45) is 5.92 Å². The first-order valence-corrected chi connectivity index (χ1v) is 5.55. The fourth-order valence-corrected chi connectivity index (χ4v) is 2.16. The Balaban J connectivity index is 2.50. The van der Waals surface area contributed by atoms with Crippen molar-refractivity contribution in [3.63, 3.8) is 0 Å². The number of rotatable bonds is 5. The first kappa shape index (κ1) is 12.1. The summed E-state index contributed by atoms with van der Waals surface area (Å²) in [5.41, 5.74) is 0. The van der Waals surface area contributed by atoms with Crippen LogP contribution in [-0.4, -0.2) is 35.1 Å². The van der Waals surface area contributed by atoms with E-state index in [0.717, 1.165) is 12.8 Å². The number of hydrogen-bond acceptors (Lipinski definition) is 2. The third-order valence-corrected chi connectivity index (χ3v) is 3.07. The Hall–Kier alpha value is -1.01. The second-order valence-corrected chi connectivity index (χ2v) is 4.31. The molecule has 0 bridgehead atoms. The highest BCUT2D eigenvalue weighted by molar-refractivity contribution is 5.69. The minimum atomic E-state index is -0.741. The van der Waals surface area contributed by atoms with Gasteiger partial charge in [0.05, 0.1) is 12.5 Å². The maximum absolute atomic E-state index is 10.8. The van der Waals surface area contributed by atoms with E-state index in [2.05, 4.69) is 10.8 Å². The van der Waals surface area contributed by atoms with Gasteiger partial charge in [-0.1, -0.05) is 25.7 Å². The maximum atomic E-state index is 10.8. The van der Waals surface area contributed by atoms with E-state index in [4.69, 9.17) is 11.5 Å². The summed E-state index contributed by atoms with van der Waals surface area (Å²) in [5, 5.41) is 8.86. The Morgan fingerprint density at radius 3 is 2.67 bits per heavy atom. The summed E-state index contributed by atoms with van der Waals surface area (Å²) < 4.78 is 0. The molecule has 3 heteroatoms. The van der Waals surface area contributed by atoms with Gasteiger partial charge in [-0.3, -0.25) is 9.69 Å². The molecule has 3 nitrogen and oxygen atoms in total. The number of carboxylic acid groups (broad SMARTS) is 1. The largest absolute Gasteiger partial charge is 0.481 e. The van der Waals surface area contributed by atoms with Gasteiger partial charge in [-0.2, -0.15) is 0 Å². The number of nitrogens with zero attached hydrogens (tertiary/aromatic N) is 1. The molecule has 1 atom stereocenters. The van der Waals surface area contributed by atoms with Crippen molar-refractivity contribution in [2.75, 3.05) is 13.1 Å². The van der Waals surface area contributed by atoms with Crippen molar-refractivity contribution in [2.45, 2.75) is 38.6 Å². The van der Waals surface area contributed by atoms with Crippen LogP contribution in [0.1, 0.15) is 32.6 Å². The van der Waals surface area contributed by atoms with Crippen molar-refractivity contribution in [1.29, 1.82) is 0 Å². The van der Waals surface area contributed by atoms with E-state index >= 15 is 0 Å². The summed E-state index contributed by atoms with van der Waals surface area (Å²) >= 11 is 0. The summed E-state index contributed by atoms with van der Waals surface area (Å²) in [6.07, 6.45) is 10.1. The van der Waals surface area contributed by atoms with Crippen LogP contribution in [0.4, 0.5) is 0 Å². The van der Waals surface area contributed by atoms with Crippen LogP contribution in [0, 0.1) is 18.3 Å².